The van der Waals surface area contributed by atoms with Crippen molar-refractivity contribution in [3.8, 4) is 0 Å². The Morgan fingerprint density at radius 2 is 1.70 bits per heavy atom. The van der Waals surface area contributed by atoms with Crippen molar-refractivity contribution in [3.63, 3.8) is 0 Å². The highest BCUT2D eigenvalue weighted by atomic mass is 35.5. The fourth-order valence-electron chi connectivity index (χ4n) is 4.01. The molecule has 0 bridgehead atoms. The lowest BCUT2D eigenvalue weighted by atomic mass is 9.92. The molecule has 5 nitrogen and oxygen atoms in total. The van der Waals surface area contributed by atoms with E-state index in [2.05, 4.69) is 16.7 Å². The first-order valence-electron chi connectivity index (χ1n) is 9.13. The van der Waals surface area contributed by atoms with Crippen molar-refractivity contribution in [2.24, 2.45) is 0 Å². The SMILES string of the molecule is Cc1cc(C)cc(C(=O)N2CCC3(CC2)NC(=O)c2ccc(Cl)cc2N3)c1. The van der Waals surface area contributed by atoms with Crippen LogP contribution >= 0.6 is 11.6 Å². The van der Waals surface area contributed by atoms with Gasteiger partial charge in [-0.1, -0.05) is 28.8 Å². The van der Waals surface area contributed by atoms with E-state index in [0.29, 0.717) is 36.5 Å². The second-order valence-electron chi connectivity index (χ2n) is 7.52. The number of hydrogen-bond donors (Lipinski definition) is 2. The fraction of sp³-hybridized carbons (Fsp3) is 0.333. The first-order chi connectivity index (χ1) is 12.8. The zero-order chi connectivity index (χ0) is 19.2. The van der Waals surface area contributed by atoms with Crippen LogP contribution in [0.1, 0.15) is 44.7 Å². The third-order valence-corrected chi connectivity index (χ3v) is 5.56. The van der Waals surface area contributed by atoms with Gasteiger partial charge in [-0.2, -0.15) is 0 Å². The van der Waals surface area contributed by atoms with Crippen LogP contribution in [0.4, 0.5) is 5.69 Å². The highest BCUT2D eigenvalue weighted by Gasteiger charge is 2.41. The summed E-state index contributed by atoms with van der Waals surface area (Å²) in [5, 5.41) is 7.13. The van der Waals surface area contributed by atoms with Gasteiger partial charge in [0, 0.05) is 36.5 Å². The number of aryl methyl sites for hydroxylation is 2. The first kappa shape index (κ1) is 17.9. The Balaban J connectivity index is 1.50. The topological polar surface area (TPSA) is 61.4 Å². The minimum absolute atomic E-state index is 0.0437. The van der Waals surface area contributed by atoms with Gasteiger partial charge in [0.05, 0.1) is 11.3 Å². The van der Waals surface area contributed by atoms with E-state index < -0.39 is 5.66 Å². The molecule has 2 aliphatic heterocycles. The van der Waals surface area contributed by atoms with E-state index in [1.807, 2.05) is 30.9 Å². The molecule has 0 saturated carbocycles. The number of anilines is 1. The Morgan fingerprint density at radius 1 is 1.04 bits per heavy atom. The summed E-state index contributed by atoms with van der Waals surface area (Å²) in [5.41, 5.74) is 3.71. The molecule has 6 heteroatoms. The molecule has 4 rings (SSSR count). The van der Waals surface area contributed by atoms with Gasteiger partial charge >= 0.3 is 0 Å². The lowest BCUT2D eigenvalue weighted by Crippen LogP contribution is -2.62. The molecule has 0 aromatic heterocycles. The predicted octanol–water partition coefficient (Wildman–Crippen LogP) is 3.74. The number of rotatable bonds is 1. The molecule has 140 valence electrons. The molecule has 0 radical (unpaired) electrons. The van der Waals surface area contributed by atoms with Crippen LogP contribution in [0, 0.1) is 13.8 Å². The number of benzene rings is 2. The molecule has 2 amide bonds. The van der Waals surface area contributed by atoms with Crippen LogP contribution < -0.4 is 10.6 Å². The molecule has 2 aromatic rings. The maximum atomic E-state index is 12.9. The minimum Gasteiger partial charge on any atom is -0.362 e. The highest BCUT2D eigenvalue weighted by Crippen LogP contribution is 2.33. The molecule has 2 aliphatic rings. The van der Waals surface area contributed by atoms with Crippen molar-refractivity contribution in [3.05, 3.63) is 63.7 Å². The molecule has 0 aliphatic carbocycles. The maximum absolute atomic E-state index is 12.9. The number of likely N-dealkylation sites (tertiary alicyclic amines) is 1. The number of fused-ring (bicyclic) bond motifs is 1. The lowest BCUT2D eigenvalue weighted by Gasteiger charge is -2.46. The molecule has 1 spiro atoms. The molecule has 27 heavy (non-hydrogen) atoms. The van der Waals surface area contributed by atoms with Crippen LogP contribution in [0.2, 0.25) is 5.02 Å². The smallest absolute Gasteiger partial charge is 0.255 e. The number of carbonyl (C=O) groups is 2. The normalized spacial score (nSPS) is 17.9. The number of halogens is 1. The molecule has 2 aromatic carbocycles. The van der Waals surface area contributed by atoms with E-state index in [1.165, 1.54) is 0 Å². The summed E-state index contributed by atoms with van der Waals surface area (Å²) in [5.74, 6) is -0.0586. The predicted molar refractivity (Wildman–Crippen MR) is 106 cm³/mol. The van der Waals surface area contributed by atoms with Crippen LogP contribution in [0.25, 0.3) is 0 Å². The van der Waals surface area contributed by atoms with Gasteiger partial charge in [0.15, 0.2) is 0 Å². The Bertz CT molecular complexity index is 913. The van der Waals surface area contributed by atoms with Crippen LogP contribution in [0.5, 0.6) is 0 Å². The minimum atomic E-state index is -0.534. The van der Waals surface area contributed by atoms with Gasteiger partial charge in [0.2, 0.25) is 0 Å². The van der Waals surface area contributed by atoms with E-state index >= 15 is 0 Å². The molecule has 2 heterocycles. The second-order valence-corrected chi connectivity index (χ2v) is 7.96. The van der Waals surface area contributed by atoms with E-state index in [0.717, 1.165) is 22.4 Å². The third-order valence-electron chi connectivity index (χ3n) is 5.33. The fourth-order valence-corrected chi connectivity index (χ4v) is 4.19. The second kappa shape index (κ2) is 6.57. The van der Waals surface area contributed by atoms with Crippen molar-refractivity contribution >= 4 is 29.1 Å². The number of carbonyl (C=O) groups excluding carboxylic acids is 2. The van der Waals surface area contributed by atoms with Crippen molar-refractivity contribution in [2.45, 2.75) is 32.4 Å². The number of nitrogens with zero attached hydrogens (tertiary/aromatic N) is 1. The van der Waals surface area contributed by atoms with Crippen LogP contribution in [0.15, 0.2) is 36.4 Å². The van der Waals surface area contributed by atoms with Crippen molar-refractivity contribution in [2.75, 3.05) is 18.4 Å². The summed E-state index contributed by atoms with van der Waals surface area (Å²) in [7, 11) is 0. The van der Waals surface area contributed by atoms with Crippen molar-refractivity contribution < 1.29 is 9.59 Å². The van der Waals surface area contributed by atoms with Crippen LogP contribution in [-0.2, 0) is 0 Å². The van der Waals surface area contributed by atoms with Crippen molar-refractivity contribution in [1.82, 2.24) is 10.2 Å². The van der Waals surface area contributed by atoms with Gasteiger partial charge < -0.3 is 15.5 Å². The standard InChI is InChI=1S/C21H22ClN3O2/c1-13-9-14(2)11-15(10-13)20(27)25-7-5-21(6-8-25)23-18-12-16(22)3-4-17(18)19(26)24-21/h3-4,9-12,23H,5-8H2,1-2H3,(H,24,26). The molecular weight excluding hydrogens is 362 g/mol. The van der Waals surface area contributed by atoms with Crippen molar-refractivity contribution in [1.29, 1.82) is 0 Å². The van der Waals surface area contributed by atoms with Crippen LogP contribution in [0.3, 0.4) is 0 Å². The quantitative estimate of drug-likeness (QED) is 0.788. The average Bonchev–Trinajstić information content (AvgIpc) is 2.60. The summed E-state index contributed by atoms with van der Waals surface area (Å²) in [4.78, 5) is 27.3. The summed E-state index contributed by atoms with van der Waals surface area (Å²) < 4.78 is 0. The van der Waals surface area contributed by atoms with Gasteiger partial charge in [0.1, 0.15) is 5.66 Å². The first-order valence-corrected chi connectivity index (χ1v) is 9.51. The number of nitrogens with one attached hydrogen (secondary N) is 2. The van der Waals surface area contributed by atoms with Gasteiger partial charge in [-0.3, -0.25) is 9.59 Å². The Kier molecular flexibility index (Phi) is 4.35. The third kappa shape index (κ3) is 3.39. The highest BCUT2D eigenvalue weighted by molar-refractivity contribution is 6.31. The van der Waals surface area contributed by atoms with Crippen LogP contribution in [-0.4, -0.2) is 35.5 Å². The van der Waals surface area contributed by atoms with Gasteiger partial charge in [-0.05, 0) is 44.2 Å². The zero-order valence-electron chi connectivity index (χ0n) is 15.4. The maximum Gasteiger partial charge on any atom is 0.255 e. The summed E-state index contributed by atoms with van der Waals surface area (Å²) in [6.07, 6.45) is 1.28. The number of piperidine rings is 1. The summed E-state index contributed by atoms with van der Waals surface area (Å²) >= 11 is 6.09. The van der Waals surface area contributed by atoms with E-state index in [-0.39, 0.29) is 11.8 Å². The largest absolute Gasteiger partial charge is 0.362 e. The molecule has 1 saturated heterocycles. The molecule has 0 atom stereocenters. The molecule has 1 fully saturated rings. The lowest BCUT2D eigenvalue weighted by molar-refractivity contribution is 0.0639. The monoisotopic (exact) mass is 383 g/mol. The number of hydrogen-bond acceptors (Lipinski definition) is 3. The van der Waals surface area contributed by atoms with Gasteiger partial charge in [0.25, 0.3) is 11.8 Å². The zero-order valence-corrected chi connectivity index (χ0v) is 16.2. The molecular formula is C21H22ClN3O2. The Hall–Kier alpha value is -2.53. The number of amides is 2. The Morgan fingerprint density at radius 3 is 2.37 bits per heavy atom. The average molecular weight is 384 g/mol. The van der Waals surface area contributed by atoms with E-state index in [4.69, 9.17) is 11.6 Å². The summed E-state index contributed by atoms with van der Waals surface area (Å²) in [6.45, 7) is 5.15. The van der Waals surface area contributed by atoms with E-state index in [9.17, 15) is 9.59 Å². The van der Waals surface area contributed by atoms with Gasteiger partial charge in [-0.25, -0.2) is 0 Å². The summed E-state index contributed by atoms with van der Waals surface area (Å²) in [6, 6.07) is 11.1. The van der Waals surface area contributed by atoms with Gasteiger partial charge in [-0.15, -0.1) is 0 Å². The molecule has 0 unspecified atom stereocenters. The van der Waals surface area contributed by atoms with E-state index in [1.54, 1.807) is 18.2 Å². The Labute approximate surface area is 163 Å². The molecule has 2 N–H and O–H groups in total.